The molecular weight excluding hydrogens is 188 g/mol. The number of nitrogens with one attached hydrogen (secondary N) is 1. The lowest BCUT2D eigenvalue weighted by molar-refractivity contribution is 0.0933. The Bertz CT molecular complexity index is 257. The third-order valence-electron chi connectivity index (χ3n) is 1.71. The van der Waals surface area contributed by atoms with E-state index < -0.39 is 0 Å². The van der Waals surface area contributed by atoms with Crippen LogP contribution >= 0.6 is 11.7 Å². The van der Waals surface area contributed by atoms with Gasteiger partial charge in [-0.3, -0.25) is 4.79 Å². The molecular formula is C7H12N4OS. The summed E-state index contributed by atoms with van der Waals surface area (Å²) in [6, 6.07) is 0.0224. The molecule has 1 amide bonds. The standard InChI is InChI=1S/C7H12N4OS/c1-2-5(3-8)10-7(12)6-4-9-13-11-6/h4-5H,2-3,8H2,1H3,(H,10,12). The number of nitrogens with two attached hydrogens (primary N) is 1. The molecule has 1 rings (SSSR count). The van der Waals surface area contributed by atoms with E-state index in [-0.39, 0.29) is 11.9 Å². The molecule has 5 nitrogen and oxygen atoms in total. The van der Waals surface area contributed by atoms with Gasteiger partial charge in [-0.1, -0.05) is 6.92 Å². The average Bonchev–Trinajstić information content (AvgIpc) is 2.66. The second-order valence-corrected chi connectivity index (χ2v) is 3.16. The lowest BCUT2D eigenvalue weighted by atomic mass is 10.2. The van der Waals surface area contributed by atoms with Crippen LogP contribution in [0.25, 0.3) is 0 Å². The van der Waals surface area contributed by atoms with E-state index >= 15 is 0 Å². The molecule has 1 unspecified atom stereocenters. The summed E-state index contributed by atoms with van der Waals surface area (Å²) in [5.41, 5.74) is 5.80. The van der Waals surface area contributed by atoms with Gasteiger partial charge in [-0.15, -0.1) is 0 Å². The predicted molar refractivity (Wildman–Crippen MR) is 50.5 cm³/mol. The van der Waals surface area contributed by atoms with E-state index in [1.54, 1.807) is 0 Å². The van der Waals surface area contributed by atoms with Crippen LogP contribution in [0.3, 0.4) is 0 Å². The molecule has 0 aromatic carbocycles. The molecule has 0 aliphatic heterocycles. The van der Waals surface area contributed by atoms with E-state index in [0.717, 1.165) is 18.1 Å². The molecule has 3 N–H and O–H groups in total. The van der Waals surface area contributed by atoms with Crippen LogP contribution in [0.15, 0.2) is 6.20 Å². The van der Waals surface area contributed by atoms with Crippen molar-refractivity contribution in [2.45, 2.75) is 19.4 Å². The number of carbonyl (C=O) groups excluding carboxylic acids is 1. The van der Waals surface area contributed by atoms with Gasteiger partial charge in [0.15, 0.2) is 5.69 Å². The Hall–Kier alpha value is -1.01. The van der Waals surface area contributed by atoms with Crippen LogP contribution in [0.2, 0.25) is 0 Å². The highest BCUT2D eigenvalue weighted by molar-refractivity contribution is 6.99. The molecule has 0 fully saturated rings. The van der Waals surface area contributed by atoms with Crippen molar-refractivity contribution < 1.29 is 4.79 Å². The first-order valence-corrected chi connectivity index (χ1v) is 4.79. The maximum Gasteiger partial charge on any atom is 0.272 e. The first-order chi connectivity index (χ1) is 6.27. The molecule has 0 radical (unpaired) electrons. The summed E-state index contributed by atoms with van der Waals surface area (Å²) in [6.45, 7) is 2.41. The van der Waals surface area contributed by atoms with Gasteiger partial charge in [0.25, 0.3) is 5.91 Å². The molecule has 1 aromatic rings. The summed E-state index contributed by atoms with van der Waals surface area (Å²) >= 11 is 1.02. The molecule has 1 heterocycles. The SMILES string of the molecule is CCC(CN)NC(=O)c1cnsn1. The quantitative estimate of drug-likeness (QED) is 0.717. The summed E-state index contributed by atoms with van der Waals surface area (Å²) < 4.78 is 7.56. The zero-order valence-electron chi connectivity index (χ0n) is 7.36. The van der Waals surface area contributed by atoms with E-state index in [1.807, 2.05) is 6.92 Å². The van der Waals surface area contributed by atoms with Gasteiger partial charge in [-0.25, -0.2) is 0 Å². The largest absolute Gasteiger partial charge is 0.347 e. The van der Waals surface area contributed by atoms with E-state index in [2.05, 4.69) is 14.1 Å². The highest BCUT2D eigenvalue weighted by atomic mass is 32.1. The number of carbonyl (C=O) groups is 1. The first-order valence-electron chi connectivity index (χ1n) is 4.06. The fraction of sp³-hybridized carbons (Fsp3) is 0.571. The van der Waals surface area contributed by atoms with Crippen LogP contribution in [0, 0.1) is 0 Å². The van der Waals surface area contributed by atoms with Gasteiger partial charge in [0.05, 0.1) is 17.9 Å². The Labute approximate surface area is 80.7 Å². The number of hydrogen-bond donors (Lipinski definition) is 2. The number of amides is 1. The first kappa shape index (κ1) is 10.1. The van der Waals surface area contributed by atoms with Crippen molar-refractivity contribution in [3.8, 4) is 0 Å². The third kappa shape index (κ3) is 2.74. The zero-order chi connectivity index (χ0) is 9.68. The molecule has 6 heteroatoms. The molecule has 0 saturated carbocycles. The molecule has 1 aromatic heterocycles. The van der Waals surface area contributed by atoms with Gasteiger partial charge < -0.3 is 11.1 Å². The monoisotopic (exact) mass is 200 g/mol. The average molecular weight is 200 g/mol. The van der Waals surface area contributed by atoms with E-state index in [0.29, 0.717) is 12.2 Å². The Morgan fingerprint density at radius 3 is 3.08 bits per heavy atom. The molecule has 1 atom stereocenters. The summed E-state index contributed by atoms with van der Waals surface area (Å²) in [5.74, 6) is -0.203. The molecule has 0 aliphatic carbocycles. The summed E-state index contributed by atoms with van der Waals surface area (Å²) in [5, 5.41) is 2.76. The van der Waals surface area contributed by atoms with E-state index in [1.165, 1.54) is 6.20 Å². The van der Waals surface area contributed by atoms with Crippen molar-refractivity contribution in [1.29, 1.82) is 0 Å². The number of aromatic nitrogens is 2. The van der Waals surface area contributed by atoms with Crippen molar-refractivity contribution in [3.05, 3.63) is 11.9 Å². The Kier molecular flexibility index (Phi) is 3.78. The van der Waals surface area contributed by atoms with E-state index in [4.69, 9.17) is 5.73 Å². The smallest absolute Gasteiger partial charge is 0.272 e. The van der Waals surface area contributed by atoms with Crippen molar-refractivity contribution in [1.82, 2.24) is 14.1 Å². The normalized spacial score (nSPS) is 12.5. The van der Waals surface area contributed by atoms with Crippen molar-refractivity contribution in [2.75, 3.05) is 6.54 Å². The van der Waals surface area contributed by atoms with Crippen LogP contribution in [-0.4, -0.2) is 27.2 Å². The zero-order valence-corrected chi connectivity index (χ0v) is 8.17. The molecule has 13 heavy (non-hydrogen) atoms. The van der Waals surface area contributed by atoms with Crippen LogP contribution in [-0.2, 0) is 0 Å². The topological polar surface area (TPSA) is 80.9 Å². The fourth-order valence-electron chi connectivity index (χ4n) is 0.852. The Balaban J connectivity index is 2.50. The maximum atomic E-state index is 11.4. The molecule has 72 valence electrons. The minimum absolute atomic E-state index is 0.0224. The maximum absolute atomic E-state index is 11.4. The van der Waals surface area contributed by atoms with Gasteiger partial charge in [0.1, 0.15) is 0 Å². The molecule has 0 bridgehead atoms. The fourth-order valence-corrected chi connectivity index (χ4v) is 1.26. The van der Waals surface area contributed by atoms with Gasteiger partial charge in [-0.05, 0) is 6.42 Å². The minimum Gasteiger partial charge on any atom is -0.347 e. The third-order valence-corrected chi connectivity index (χ3v) is 2.18. The Morgan fingerprint density at radius 1 is 1.85 bits per heavy atom. The molecule has 0 aliphatic rings. The second kappa shape index (κ2) is 4.88. The van der Waals surface area contributed by atoms with Crippen LogP contribution in [0.5, 0.6) is 0 Å². The highest BCUT2D eigenvalue weighted by Crippen LogP contribution is 1.96. The van der Waals surface area contributed by atoms with Crippen LogP contribution in [0.1, 0.15) is 23.8 Å². The van der Waals surface area contributed by atoms with Crippen molar-refractivity contribution in [3.63, 3.8) is 0 Å². The molecule has 0 saturated heterocycles. The highest BCUT2D eigenvalue weighted by Gasteiger charge is 2.12. The number of hydrogen-bond acceptors (Lipinski definition) is 5. The van der Waals surface area contributed by atoms with Crippen molar-refractivity contribution >= 4 is 17.6 Å². The van der Waals surface area contributed by atoms with Crippen LogP contribution < -0.4 is 11.1 Å². The summed E-state index contributed by atoms with van der Waals surface area (Å²) in [4.78, 5) is 11.4. The van der Waals surface area contributed by atoms with Gasteiger partial charge in [0, 0.05) is 12.6 Å². The summed E-state index contributed by atoms with van der Waals surface area (Å²) in [6.07, 6.45) is 2.27. The van der Waals surface area contributed by atoms with E-state index in [9.17, 15) is 4.79 Å². The van der Waals surface area contributed by atoms with Gasteiger partial charge >= 0.3 is 0 Å². The number of nitrogens with zero attached hydrogens (tertiary/aromatic N) is 2. The van der Waals surface area contributed by atoms with Gasteiger partial charge in [0.2, 0.25) is 0 Å². The number of rotatable bonds is 4. The Morgan fingerprint density at radius 2 is 2.62 bits per heavy atom. The predicted octanol–water partition coefficient (Wildman–Crippen LogP) is 0.00520. The van der Waals surface area contributed by atoms with Crippen LogP contribution in [0.4, 0.5) is 0 Å². The molecule has 0 spiro atoms. The minimum atomic E-state index is -0.203. The summed E-state index contributed by atoms with van der Waals surface area (Å²) in [7, 11) is 0. The van der Waals surface area contributed by atoms with Crippen molar-refractivity contribution in [2.24, 2.45) is 5.73 Å². The second-order valence-electron chi connectivity index (χ2n) is 2.61. The van der Waals surface area contributed by atoms with Gasteiger partial charge in [-0.2, -0.15) is 8.75 Å². The lowest BCUT2D eigenvalue weighted by Crippen LogP contribution is -2.39. The lowest BCUT2D eigenvalue weighted by Gasteiger charge is -2.12.